The number of aromatic nitrogens is 1. The van der Waals surface area contributed by atoms with Gasteiger partial charge in [0.05, 0.1) is 15.6 Å². The van der Waals surface area contributed by atoms with E-state index in [0.717, 1.165) is 10.2 Å². The fourth-order valence-electron chi connectivity index (χ4n) is 1.81. The van der Waals surface area contributed by atoms with Crippen LogP contribution in [-0.2, 0) is 4.79 Å². The third-order valence-electron chi connectivity index (χ3n) is 3.27. The molecular weight excluding hydrogens is 291 g/mol. The van der Waals surface area contributed by atoms with Crippen LogP contribution >= 0.6 is 34.5 Å². The molecule has 1 aromatic carbocycles. The maximum atomic E-state index is 12.1. The molecule has 0 unspecified atom stereocenters. The number of fused-ring (bicyclic) bond motifs is 1. The lowest BCUT2D eigenvalue weighted by atomic mass is 10.1. The van der Waals surface area contributed by atoms with E-state index in [1.807, 2.05) is 24.3 Å². The summed E-state index contributed by atoms with van der Waals surface area (Å²) in [6, 6.07) is 7.73. The summed E-state index contributed by atoms with van der Waals surface area (Å²) in [6.07, 6.45) is 0.472. The van der Waals surface area contributed by atoms with Gasteiger partial charge in [0.15, 0.2) is 5.13 Å². The Bertz CT molecular complexity index is 607. The molecule has 1 N–H and O–H groups in total. The van der Waals surface area contributed by atoms with E-state index in [1.54, 1.807) is 6.92 Å². The van der Waals surface area contributed by atoms with Crippen LogP contribution in [0.4, 0.5) is 5.13 Å². The Kier molecular flexibility index (Phi) is 2.59. The van der Waals surface area contributed by atoms with Crippen molar-refractivity contribution in [2.45, 2.75) is 17.7 Å². The fourth-order valence-corrected chi connectivity index (χ4v) is 3.37. The number of rotatable bonds is 2. The molecule has 1 aliphatic carbocycles. The molecule has 1 atom stereocenters. The van der Waals surface area contributed by atoms with E-state index >= 15 is 0 Å². The topological polar surface area (TPSA) is 42.0 Å². The van der Waals surface area contributed by atoms with Crippen LogP contribution in [0.15, 0.2) is 24.3 Å². The second-order valence-corrected chi connectivity index (χ2v) is 7.17. The number of amides is 1. The summed E-state index contributed by atoms with van der Waals surface area (Å²) in [4.78, 5) is 16.4. The van der Waals surface area contributed by atoms with Gasteiger partial charge in [-0.15, -0.1) is 23.2 Å². The van der Waals surface area contributed by atoms with E-state index in [2.05, 4.69) is 10.3 Å². The first-order valence-corrected chi connectivity index (χ1v) is 7.04. The molecule has 3 rings (SSSR count). The number of para-hydroxylation sites is 1. The molecule has 0 bridgehead atoms. The van der Waals surface area contributed by atoms with Crippen LogP contribution in [0.3, 0.4) is 0 Å². The van der Waals surface area contributed by atoms with Crippen molar-refractivity contribution in [1.82, 2.24) is 4.98 Å². The van der Waals surface area contributed by atoms with Crippen molar-refractivity contribution in [3.63, 3.8) is 0 Å². The lowest BCUT2D eigenvalue weighted by Crippen LogP contribution is -2.25. The number of nitrogens with zero attached hydrogens (tertiary/aromatic N) is 1. The van der Waals surface area contributed by atoms with Crippen LogP contribution in [-0.4, -0.2) is 15.2 Å². The molecule has 1 heterocycles. The number of thiazole rings is 1. The van der Waals surface area contributed by atoms with Crippen LogP contribution < -0.4 is 5.32 Å². The third-order valence-corrected chi connectivity index (χ3v) is 5.33. The maximum Gasteiger partial charge on any atom is 0.235 e. The average Bonchev–Trinajstić information content (AvgIpc) is 2.69. The minimum absolute atomic E-state index is 0.174. The van der Waals surface area contributed by atoms with Gasteiger partial charge in [0.2, 0.25) is 5.91 Å². The average molecular weight is 301 g/mol. The Morgan fingerprint density at radius 3 is 2.72 bits per heavy atom. The van der Waals surface area contributed by atoms with E-state index < -0.39 is 9.75 Å². The minimum atomic E-state index is -0.951. The van der Waals surface area contributed by atoms with Gasteiger partial charge in [-0.05, 0) is 25.5 Å². The maximum absolute atomic E-state index is 12.1. The molecule has 1 aromatic heterocycles. The van der Waals surface area contributed by atoms with Crippen LogP contribution in [0.1, 0.15) is 13.3 Å². The van der Waals surface area contributed by atoms with Crippen LogP contribution in [0.25, 0.3) is 10.2 Å². The Morgan fingerprint density at radius 2 is 2.11 bits per heavy atom. The Morgan fingerprint density at radius 1 is 1.44 bits per heavy atom. The van der Waals surface area contributed by atoms with Gasteiger partial charge in [0, 0.05) is 0 Å². The Hall–Kier alpha value is -0.840. The van der Waals surface area contributed by atoms with E-state index in [-0.39, 0.29) is 5.91 Å². The van der Waals surface area contributed by atoms with Crippen LogP contribution in [0.5, 0.6) is 0 Å². The number of halogens is 2. The number of anilines is 1. The smallest absolute Gasteiger partial charge is 0.235 e. The molecule has 6 heteroatoms. The first-order chi connectivity index (χ1) is 8.42. The molecule has 1 fully saturated rings. The summed E-state index contributed by atoms with van der Waals surface area (Å²) < 4.78 is 0.0880. The molecule has 0 saturated heterocycles. The summed E-state index contributed by atoms with van der Waals surface area (Å²) in [5.74, 6) is -0.174. The zero-order chi connectivity index (χ0) is 13.0. The third kappa shape index (κ3) is 1.79. The van der Waals surface area contributed by atoms with E-state index in [9.17, 15) is 4.79 Å². The van der Waals surface area contributed by atoms with Crippen molar-refractivity contribution in [3.8, 4) is 0 Å². The Labute approximate surface area is 118 Å². The number of alkyl halides is 2. The zero-order valence-electron chi connectivity index (χ0n) is 9.54. The highest BCUT2D eigenvalue weighted by Gasteiger charge is 2.68. The van der Waals surface area contributed by atoms with Gasteiger partial charge >= 0.3 is 0 Å². The number of carbonyl (C=O) groups is 1. The first kappa shape index (κ1) is 12.2. The highest BCUT2D eigenvalue weighted by Crippen LogP contribution is 2.64. The normalized spacial score (nSPS) is 25.1. The van der Waals surface area contributed by atoms with Crippen molar-refractivity contribution in [2.24, 2.45) is 5.41 Å². The van der Waals surface area contributed by atoms with E-state index in [4.69, 9.17) is 23.2 Å². The van der Waals surface area contributed by atoms with Crippen molar-refractivity contribution >= 4 is 55.8 Å². The molecule has 94 valence electrons. The molecule has 18 heavy (non-hydrogen) atoms. The van der Waals surface area contributed by atoms with Gasteiger partial charge in [0.25, 0.3) is 0 Å². The molecule has 0 spiro atoms. The standard InChI is InChI=1S/C12H10Cl2N2OS/c1-11(6-12(11,13)14)9(17)16-10-15-7-4-2-3-5-8(7)18-10/h2-5H,6H2,1H3,(H,15,16,17)/t11-/m1/s1. The largest absolute Gasteiger partial charge is 0.301 e. The van der Waals surface area contributed by atoms with Crippen LogP contribution in [0, 0.1) is 5.41 Å². The van der Waals surface area contributed by atoms with Crippen LogP contribution in [0.2, 0.25) is 0 Å². The predicted octanol–water partition coefficient (Wildman–Crippen LogP) is 3.82. The second kappa shape index (κ2) is 3.83. The second-order valence-electron chi connectivity index (χ2n) is 4.65. The molecule has 0 radical (unpaired) electrons. The summed E-state index contributed by atoms with van der Waals surface area (Å²) in [5.41, 5.74) is 0.162. The van der Waals surface area contributed by atoms with Crippen molar-refractivity contribution < 1.29 is 4.79 Å². The summed E-state index contributed by atoms with van der Waals surface area (Å²) in [7, 11) is 0. The number of benzene rings is 1. The summed E-state index contributed by atoms with van der Waals surface area (Å²) in [6.45, 7) is 1.76. The minimum Gasteiger partial charge on any atom is -0.301 e. The highest BCUT2D eigenvalue weighted by molar-refractivity contribution is 7.22. The number of hydrogen-bond donors (Lipinski definition) is 1. The SMILES string of the molecule is C[C@]1(C(=O)Nc2nc3ccccc3s2)CC1(Cl)Cl. The van der Waals surface area contributed by atoms with Gasteiger partial charge in [-0.2, -0.15) is 0 Å². The highest BCUT2D eigenvalue weighted by atomic mass is 35.5. The van der Waals surface area contributed by atoms with Gasteiger partial charge in [-0.25, -0.2) is 4.98 Å². The first-order valence-electron chi connectivity index (χ1n) is 5.47. The monoisotopic (exact) mass is 300 g/mol. The summed E-state index contributed by atoms with van der Waals surface area (Å²) in [5, 5.41) is 3.37. The molecule has 1 saturated carbocycles. The predicted molar refractivity (Wildman–Crippen MR) is 75.4 cm³/mol. The van der Waals surface area contributed by atoms with Gasteiger partial charge in [0.1, 0.15) is 4.33 Å². The zero-order valence-corrected chi connectivity index (χ0v) is 11.9. The van der Waals surface area contributed by atoms with E-state index in [0.29, 0.717) is 11.6 Å². The molecule has 2 aromatic rings. The Balaban J connectivity index is 1.83. The van der Waals surface area contributed by atoms with Gasteiger partial charge < -0.3 is 5.32 Å². The molecule has 1 aliphatic rings. The van der Waals surface area contributed by atoms with Crippen molar-refractivity contribution in [1.29, 1.82) is 0 Å². The van der Waals surface area contributed by atoms with Gasteiger partial charge in [-0.1, -0.05) is 23.5 Å². The molecule has 1 amide bonds. The molecule has 0 aliphatic heterocycles. The quantitative estimate of drug-likeness (QED) is 0.857. The number of nitrogens with one attached hydrogen (secondary N) is 1. The van der Waals surface area contributed by atoms with Crippen molar-refractivity contribution in [2.75, 3.05) is 5.32 Å². The fraction of sp³-hybridized carbons (Fsp3) is 0.333. The molecular formula is C12H10Cl2N2OS. The van der Waals surface area contributed by atoms with E-state index in [1.165, 1.54) is 11.3 Å². The number of hydrogen-bond acceptors (Lipinski definition) is 3. The lowest BCUT2D eigenvalue weighted by Gasteiger charge is -2.10. The van der Waals surface area contributed by atoms with Gasteiger partial charge in [-0.3, -0.25) is 4.79 Å². The lowest BCUT2D eigenvalue weighted by molar-refractivity contribution is -0.120. The molecule has 3 nitrogen and oxygen atoms in total. The number of carbonyl (C=O) groups excluding carboxylic acids is 1. The van der Waals surface area contributed by atoms with Crippen molar-refractivity contribution in [3.05, 3.63) is 24.3 Å². The summed E-state index contributed by atoms with van der Waals surface area (Å²) >= 11 is 13.4.